The fourth-order valence-electron chi connectivity index (χ4n) is 3.60. The molecule has 1 aromatic carbocycles. The van der Waals surface area contributed by atoms with Gasteiger partial charge in [-0.15, -0.1) is 0 Å². The Balaban J connectivity index is 1.51. The highest BCUT2D eigenvalue weighted by atomic mass is 16.2. The van der Waals surface area contributed by atoms with Crippen molar-refractivity contribution in [3.05, 3.63) is 24.3 Å². The van der Waals surface area contributed by atoms with E-state index in [0.29, 0.717) is 6.42 Å². The molecule has 0 spiro atoms. The molecule has 3 rings (SSSR count). The number of piperazine rings is 1. The van der Waals surface area contributed by atoms with Crippen molar-refractivity contribution in [2.24, 2.45) is 11.8 Å². The second-order valence-electron chi connectivity index (χ2n) is 7.29. The van der Waals surface area contributed by atoms with Gasteiger partial charge in [0.1, 0.15) is 0 Å². The maximum atomic E-state index is 12.5. The standard InChI is InChI=1S/C20H30N4O2/c1-4-23(5-2)16-8-6-15(7-9-16)21-19(25)17-14-18(17)20(26)24-12-10-22(3)11-13-24/h6-9,17-18H,4-5,10-14H2,1-3H3,(H,21,25). The monoisotopic (exact) mass is 358 g/mol. The van der Waals surface area contributed by atoms with Gasteiger partial charge in [-0.25, -0.2) is 0 Å². The normalized spacial score (nSPS) is 22.8. The first kappa shape index (κ1) is 18.7. The molecule has 2 atom stereocenters. The van der Waals surface area contributed by atoms with Gasteiger partial charge in [0.05, 0.1) is 11.8 Å². The van der Waals surface area contributed by atoms with E-state index in [1.807, 2.05) is 29.2 Å². The largest absolute Gasteiger partial charge is 0.372 e. The average molecular weight is 358 g/mol. The minimum Gasteiger partial charge on any atom is -0.372 e. The molecule has 1 aromatic rings. The van der Waals surface area contributed by atoms with Crippen LogP contribution in [-0.4, -0.2) is 67.9 Å². The summed E-state index contributed by atoms with van der Waals surface area (Å²) in [6.45, 7) is 9.54. The fourth-order valence-corrected chi connectivity index (χ4v) is 3.60. The molecule has 142 valence electrons. The van der Waals surface area contributed by atoms with Gasteiger partial charge in [0.25, 0.3) is 0 Å². The fraction of sp³-hybridized carbons (Fsp3) is 0.600. The van der Waals surface area contributed by atoms with Gasteiger partial charge in [-0.05, 0) is 51.6 Å². The number of likely N-dealkylation sites (N-methyl/N-ethyl adjacent to an activating group) is 1. The molecule has 0 aromatic heterocycles. The molecule has 6 heteroatoms. The lowest BCUT2D eigenvalue weighted by Gasteiger charge is -2.32. The van der Waals surface area contributed by atoms with Crippen LogP contribution in [0.4, 0.5) is 11.4 Å². The molecule has 2 amide bonds. The van der Waals surface area contributed by atoms with Crippen LogP contribution in [0.2, 0.25) is 0 Å². The third-order valence-electron chi connectivity index (χ3n) is 5.52. The number of hydrogen-bond acceptors (Lipinski definition) is 4. The number of benzene rings is 1. The van der Waals surface area contributed by atoms with Crippen molar-refractivity contribution >= 4 is 23.2 Å². The predicted molar refractivity (Wildman–Crippen MR) is 104 cm³/mol. The van der Waals surface area contributed by atoms with E-state index in [1.165, 1.54) is 0 Å². The second-order valence-corrected chi connectivity index (χ2v) is 7.29. The molecule has 0 radical (unpaired) electrons. The lowest BCUT2D eigenvalue weighted by Crippen LogP contribution is -2.48. The molecule has 2 aliphatic rings. The second kappa shape index (κ2) is 8.08. The van der Waals surface area contributed by atoms with Crippen LogP contribution in [0.5, 0.6) is 0 Å². The lowest BCUT2D eigenvalue weighted by molar-refractivity contribution is -0.135. The molecule has 1 heterocycles. The minimum atomic E-state index is -0.176. The Morgan fingerprint density at radius 3 is 2.23 bits per heavy atom. The quantitative estimate of drug-likeness (QED) is 0.844. The predicted octanol–water partition coefficient (Wildman–Crippen LogP) is 1.88. The van der Waals surface area contributed by atoms with Crippen molar-refractivity contribution < 1.29 is 9.59 Å². The van der Waals surface area contributed by atoms with Crippen molar-refractivity contribution in [1.29, 1.82) is 0 Å². The third-order valence-corrected chi connectivity index (χ3v) is 5.52. The van der Waals surface area contributed by atoms with E-state index in [9.17, 15) is 9.59 Å². The lowest BCUT2D eigenvalue weighted by atomic mass is 10.2. The summed E-state index contributed by atoms with van der Waals surface area (Å²) in [7, 11) is 2.07. The van der Waals surface area contributed by atoms with Gasteiger partial charge in [0.15, 0.2) is 0 Å². The molecule has 1 saturated heterocycles. The van der Waals surface area contributed by atoms with E-state index in [2.05, 4.69) is 36.0 Å². The van der Waals surface area contributed by atoms with Gasteiger partial charge in [-0.1, -0.05) is 0 Å². The number of nitrogens with one attached hydrogen (secondary N) is 1. The molecular weight excluding hydrogens is 328 g/mol. The summed E-state index contributed by atoms with van der Waals surface area (Å²) in [5.41, 5.74) is 1.95. The number of carbonyl (C=O) groups is 2. The highest BCUT2D eigenvalue weighted by Crippen LogP contribution is 2.41. The number of hydrogen-bond donors (Lipinski definition) is 1. The van der Waals surface area contributed by atoms with Gasteiger partial charge in [0.2, 0.25) is 11.8 Å². The summed E-state index contributed by atoms with van der Waals surface area (Å²) in [5.74, 6) is -0.193. The zero-order valence-electron chi connectivity index (χ0n) is 16.1. The molecule has 0 bridgehead atoms. The smallest absolute Gasteiger partial charge is 0.228 e. The summed E-state index contributed by atoms with van der Waals surface area (Å²) in [5, 5.41) is 2.96. The van der Waals surface area contributed by atoms with Crippen LogP contribution in [0.3, 0.4) is 0 Å². The van der Waals surface area contributed by atoms with E-state index in [-0.39, 0.29) is 23.7 Å². The van der Waals surface area contributed by atoms with Gasteiger partial charge >= 0.3 is 0 Å². The first-order valence-electron chi connectivity index (χ1n) is 9.66. The molecule has 1 aliphatic carbocycles. The number of nitrogens with zero attached hydrogens (tertiary/aromatic N) is 3. The van der Waals surface area contributed by atoms with Crippen molar-refractivity contribution in [2.45, 2.75) is 20.3 Å². The Kier molecular flexibility index (Phi) is 5.81. The van der Waals surface area contributed by atoms with E-state index < -0.39 is 0 Å². The Hall–Kier alpha value is -2.08. The summed E-state index contributed by atoms with van der Waals surface area (Å²) in [6.07, 6.45) is 0.675. The highest BCUT2D eigenvalue weighted by Gasteiger charge is 2.49. The third kappa shape index (κ3) is 4.18. The van der Waals surface area contributed by atoms with Gasteiger partial charge in [-0.2, -0.15) is 0 Å². The summed E-state index contributed by atoms with van der Waals surface area (Å²) in [6, 6.07) is 7.93. The Morgan fingerprint density at radius 2 is 1.65 bits per heavy atom. The van der Waals surface area contributed by atoms with E-state index in [1.54, 1.807) is 0 Å². The van der Waals surface area contributed by atoms with Crippen molar-refractivity contribution in [1.82, 2.24) is 9.80 Å². The number of amides is 2. The molecule has 1 N–H and O–H groups in total. The maximum absolute atomic E-state index is 12.5. The highest BCUT2D eigenvalue weighted by molar-refractivity contribution is 5.99. The molecule has 1 saturated carbocycles. The van der Waals surface area contributed by atoms with Crippen LogP contribution in [0, 0.1) is 11.8 Å². The van der Waals surface area contributed by atoms with Gasteiger partial charge in [-0.3, -0.25) is 9.59 Å². The summed E-state index contributed by atoms with van der Waals surface area (Å²) >= 11 is 0. The zero-order valence-corrected chi connectivity index (χ0v) is 16.1. The Labute approximate surface area is 156 Å². The van der Waals surface area contributed by atoms with Crippen LogP contribution >= 0.6 is 0 Å². The van der Waals surface area contributed by atoms with Crippen LogP contribution in [0.15, 0.2) is 24.3 Å². The van der Waals surface area contributed by atoms with Crippen LogP contribution < -0.4 is 10.2 Å². The van der Waals surface area contributed by atoms with Crippen LogP contribution in [0.25, 0.3) is 0 Å². The molecule has 1 aliphatic heterocycles. The number of anilines is 2. The number of rotatable bonds is 6. The Bertz CT molecular complexity index is 634. The molecule has 6 nitrogen and oxygen atoms in total. The zero-order chi connectivity index (χ0) is 18.7. The first-order chi connectivity index (χ1) is 12.5. The topological polar surface area (TPSA) is 55.9 Å². The molecule has 2 fully saturated rings. The van der Waals surface area contributed by atoms with Gasteiger partial charge < -0.3 is 20.0 Å². The van der Waals surface area contributed by atoms with Crippen LogP contribution in [-0.2, 0) is 9.59 Å². The van der Waals surface area contributed by atoms with Gasteiger partial charge in [0, 0.05) is 50.6 Å². The summed E-state index contributed by atoms with van der Waals surface area (Å²) < 4.78 is 0. The van der Waals surface area contributed by atoms with E-state index >= 15 is 0 Å². The average Bonchev–Trinajstić information content (AvgIpc) is 3.45. The summed E-state index contributed by atoms with van der Waals surface area (Å²) in [4.78, 5) is 31.4. The Morgan fingerprint density at radius 1 is 1.04 bits per heavy atom. The van der Waals surface area contributed by atoms with Crippen LogP contribution in [0.1, 0.15) is 20.3 Å². The molecular formula is C20H30N4O2. The van der Waals surface area contributed by atoms with Crippen molar-refractivity contribution in [2.75, 3.05) is 56.5 Å². The maximum Gasteiger partial charge on any atom is 0.228 e. The minimum absolute atomic E-state index is 0.0342. The van der Waals surface area contributed by atoms with Crippen molar-refractivity contribution in [3.8, 4) is 0 Å². The molecule has 26 heavy (non-hydrogen) atoms. The van der Waals surface area contributed by atoms with E-state index in [0.717, 1.165) is 50.6 Å². The van der Waals surface area contributed by atoms with E-state index in [4.69, 9.17) is 0 Å². The first-order valence-corrected chi connectivity index (χ1v) is 9.66. The number of carbonyl (C=O) groups excluding carboxylic acids is 2. The van der Waals surface area contributed by atoms with Crippen molar-refractivity contribution in [3.63, 3.8) is 0 Å². The SMILES string of the molecule is CCN(CC)c1ccc(NC(=O)C2CC2C(=O)N2CCN(C)CC2)cc1. The molecule has 2 unspecified atom stereocenters.